The van der Waals surface area contributed by atoms with E-state index in [1.54, 1.807) is 24.0 Å². The van der Waals surface area contributed by atoms with Gasteiger partial charge in [-0.15, -0.1) is 0 Å². The summed E-state index contributed by atoms with van der Waals surface area (Å²) in [7, 11) is -3.77. The van der Waals surface area contributed by atoms with Gasteiger partial charge < -0.3 is 9.42 Å². The molecule has 0 atom stereocenters. The van der Waals surface area contributed by atoms with Crippen molar-refractivity contribution in [2.24, 2.45) is 5.14 Å². The molecule has 0 bridgehead atoms. The lowest BCUT2D eigenvalue weighted by molar-refractivity contribution is 0.0731. The third kappa shape index (κ3) is 3.32. The van der Waals surface area contributed by atoms with E-state index < -0.39 is 10.0 Å². The number of aromatic nitrogens is 1. The van der Waals surface area contributed by atoms with Crippen LogP contribution in [0, 0.1) is 6.92 Å². The van der Waals surface area contributed by atoms with E-state index in [0.29, 0.717) is 36.5 Å². The Labute approximate surface area is 146 Å². The minimum absolute atomic E-state index is 0.0474. The number of aryl methyl sites for hydroxylation is 1. The molecule has 1 aromatic heterocycles. The van der Waals surface area contributed by atoms with E-state index in [1.165, 1.54) is 6.07 Å². The van der Waals surface area contributed by atoms with Crippen LogP contribution in [0.4, 0.5) is 0 Å². The van der Waals surface area contributed by atoms with Crippen LogP contribution in [0.5, 0.6) is 0 Å². The SMILES string of the molecule is Cc1noc(C(C)C)c1C(=O)N1CCc2ccc(S(N)(=O)=O)cc2C1. The molecule has 1 amide bonds. The van der Waals surface area contributed by atoms with Gasteiger partial charge in [0.05, 0.1) is 10.6 Å². The van der Waals surface area contributed by atoms with Crippen molar-refractivity contribution in [3.05, 3.63) is 46.3 Å². The van der Waals surface area contributed by atoms with E-state index in [4.69, 9.17) is 9.66 Å². The largest absolute Gasteiger partial charge is 0.360 e. The first kappa shape index (κ1) is 17.6. The molecule has 1 aliphatic heterocycles. The average molecular weight is 363 g/mol. The van der Waals surface area contributed by atoms with Gasteiger partial charge >= 0.3 is 0 Å². The fraction of sp³-hybridized carbons (Fsp3) is 0.412. The van der Waals surface area contributed by atoms with Crippen LogP contribution in [0.1, 0.15) is 52.7 Å². The fourth-order valence-electron chi connectivity index (χ4n) is 3.08. The summed E-state index contributed by atoms with van der Waals surface area (Å²) in [4.78, 5) is 14.7. The number of sulfonamides is 1. The van der Waals surface area contributed by atoms with E-state index >= 15 is 0 Å². The second-order valence-electron chi connectivity index (χ2n) is 6.61. The zero-order chi connectivity index (χ0) is 18.4. The first-order valence-corrected chi connectivity index (χ1v) is 9.63. The van der Waals surface area contributed by atoms with Crippen molar-refractivity contribution in [1.82, 2.24) is 10.1 Å². The van der Waals surface area contributed by atoms with Crippen molar-refractivity contribution in [3.8, 4) is 0 Å². The Morgan fingerprint density at radius 1 is 1.32 bits per heavy atom. The van der Waals surface area contributed by atoms with Gasteiger partial charge in [0.2, 0.25) is 10.0 Å². The number of carbonyl (C=O) groups is 1. The summed E-state index contributed by atoms with van der Waals surface area (Å²) < 4.78 is 28.4. The van der Waals surface area contributed by atoms with Gasteiger partial charge in [-0.2, -0.15) is 0 Å². The number of benzene rings is 1. The topological polar surface area (TPSA) is 106 Å². The molecule has 0 aliphatic carbocycles. The van der Waals surface area contributed by atoms with Gasteiger partial charge in [0.15, 0.2) is 5.76 Å². The minimum Gasteiger partial charge on any atom is -0.360 e. The molecule has 8 heteroatoms. The van der Waals surface area contributed by atoms with Gasteiger partial charge in [0.25, 0.3) is 5.91 Å². The highest BCUT2D eigenvalue weighted by Crippen LogP contribution is 2.27. The standard InChI is InChI=1S/C17H21N3O4S/c1-10(2)16-15(11(3)19-24-16)17(21)20-7-6-12-4-5-14(25(18,22)23)8-13(12)9-20/h4-5,8,10H,6-7,9H2,1-3H3,(H2,18,22,23). The van der Waals surface area contributed by atoms with E-state index in [1.807, 2.05) is 13.8 Å². The van der Waals surface area contributed by atoms with Crippen LogP contribution in [-0.2, 0) is 23.0 Å². The third-order valence-corrected chi connectivity index (χ3v) is 5.34. The molecule has 3 rings (SSSR count). The molecule has 1 aliphatic rings. The molecule has 0 unspecified atom stereocenters. The zero-order valence-corrected chi connectivity index (χ0v) is 15.3. The summed E-state index contributed by atoms with van der Waals surface area (Å²) in [5.41, 5.74) is 2.90. The number of carbonyl (C=O) groups excluding carboxylic acids is 1. The van der Waals surface area contributed by atoms with Crippen molar-refractivity contribution in [1.29, 1.82) is 0 Å². The van der Waals surface area contributed by atoms with Crippen LogP contribution in [-0.4, -0.2) is 30.9 Å². The number of nitrogens with two attached hydrogens (primary N) is 1. The van der Waals surface area contributed by atoms with E-state index in [0.717, 1.165) is 11.1 Å². The first-order valence-electron chi connectivity index (χ1n) is 8.08. The molecule has 0 spiro atoms. The molecule has 2 heterocycles. The summed E-state index contributed by atoms with van der Waals surface area (Å²) in [6.07, 6.45) is 0.660. The van der Waals surface area contributed by atoms with E-state index in [-0.39, 0.29) is 16.7 Å². The molecule has 0 saturated heterocycles. The Balaban J connectivity index is 1.93. The molecule has 25 heavy (non-hydrogen) atoms. The number of nitrogens with zero attached hydrogens (tertiary/aromatic N) is 2. The fourth-order valence-corrected chi connectivity index (χ4v) is 3.65. The van der Waals surface area contributed by atoms with Gasteiger partial charge in [-0.3, -0.25) is 4.79 Å². The van der Waals surface area contributed by atoms with Gasteiger partial charge in [-0.05, 0) is 36.6 Å². The van der Waals surface area contributed by atoms with E-state index in [2.05, 4.69) is 5.16 Å². The third-order valence-electron chi connectivity index (χ3n) is 4.43. The van der Waals surface area contributed by atoms with Crippen molar-refractivity contribution >= 4 is 15.9 Å². The normalized spacial score (nSPS) is 14.7. The van der Waals surface area contributed by atoms with Crippen LogP contribution in [0.15, 0.2) is 27.6 Å². The number of hydrogen-bond donors (Lipinski definition) is 1. The minimum atomic E-state index is -3.77. The Morgan fingerprint density at radius 2 is 2.04 bits per heavy atom. The monoisotopic (exact) mass is 363 g/mol. The summed E-state index contributed by atoms with van der Waals surface area (Å²) in [6, 6.07) is 4.82. The Hall–Kier alpha value is -2.19. The molecule has 1 aromatic carbocycles. The predicted octanol–water partition coefficient (Wildman–Crippen LogP) is 1.95. The number of fused-ring (bicyclic) bond motifs is 1. The zero-order valence-electron chi connectivity index (χ0n) is 14.4. The smallest absolute Gasteiger partial charge is 0.259 e. The molecular formula is C17H21N3O4S. The summed E-state index contributed by atoms with van der Waals surface area (Å²) in [5.74, 6) is 0.479. The maximum atomic E-state index is 13.0. The summed E-state index contributed by atoms with van der Waals surface area (Å²) in [6.45, 7) is 6.53. The van der Waals surface area contributed by atoms with Crippen molar-refractivity contribution in [2.45, 2.75) is 44.6 Å². The molecule has 134 valence electrons. The predicted molar refractivity (Wildman–Crippen MR) is 91.6 cm³/mol. The highest BCUT2D eigenvalue weighted by atomic mass is 32.2. The number of rotatable bonds is 3. The van der Waals surface area contributed by atoms with Gasteiger partial charge in [-0.25, -0.2) is 13.6 Å². The van der Waals surface area contributed by atoms with E-state index in [9.17, 15) is 13.2 Å². The maximum absolute atomic E-state index is 13.0. The van der Waals surface area contributed by atoms with Gasteiger partial charge in [0, 0.05) is 19.0 Å². The van der Waals surface area contributed by atoms with Crippen molar-refractivity contribution in [3.63, 3.8) is 0 Å². The molecule has 0 radical (unpaired) electrons. The average Bonchev–Trinajstić information content (AvgIpc) is 2.94. The Bertz CT molecular complexity index is 931. The van der Waals surface area contributed by atoms with Crippen LogP contribution in [0.2, 0.25) is 0 Å². The summed E-state index contributed by atoms with van der Waals surface area (Å²) in [5, 5.41) is 9.13. The molecule has 0 fully saturated rings. The molecule has 7 nitrogen and oxygen atoms in total. The highest BCUT2D eigenvalue weighted by molar-refractivity contribution is 7.89. The maximum Gasteiger partial charge on any atom is 0.259 e. The second-order valence-corrected chi connectivity index (χ2v) is 8.18. The van der Waals surface area contributed by atoms with Crippen molar-refractivity contribution in [2.75, 3.05) is 6.54 Å². The number of amides is 1. The van der Waals surface area contributed by atoms with Gasteiger partial charge in [0.1, 0.15) is 5.56 Å². The Kier molecular flexibility index (Phi) is 4.42. The summed E-state index contributed by atoms with van der Waals surface area (Å²) >= 11 is 0. The quantitative estimate of drug-likeness (QED) is 0.897. The number of hydrogen-bond acceptors (Lipinski definition) is 5. The Morgan fingerprint density at radius 3 is 2.68 bits per heavy atom. The van der Waals surface area contributed by atoms with Crippen LogP contribution < -0.4 is 5.14 Å². The molecule has 2 aromatic rings. The molecule has 0 saturated carbocycles. The first-order chi connectivity index (χ1) is 11.7. The van der Waals surface area contributed by atoms with Crippen molar-refractivity contribution < 1.29 is 17.7 Å². The molecule has 2 N–H and O–H groups in total. The molecular weight excluding hydrogens is 342 g/mol. The lowest BCUT2D eigenvalue weighted by Crippen LogP contribution is -2.36. The lowest BCUT2D eigenvalue weighted by Gasteiger charge is -2.29. The van der Waals surface area contributed by atoms with Crippen LogP contribution in [0.3, 0.4) is 0 Å². The highest BCUT2D eigenvalue weighted by Gasteiger charge is 2.29. The number of primary sulfonamides is 1. The lowest BCUT2D eigenvalue weighted by atomic mass is 9.98. The van der Waals surface area contributed by atoms with Crippen LogP contribution in [0.25, 0.3) is 0 Å². The second kappa shape index (κ2) is 6.27. The van der Waals surface area contributed by atoms with Crippen LogP contribution >= 0.6 is 0 Å². The van der Waals surface area contributed by atoms with Gasteiger partial charge in [-0.1, -0.05) is 25.1 Å².